The summed E-state index contributed by atoms with van der Waals surface area (Å²) in [5, 5.41) is 10.9. The second-order valence-corrected chi connectivity index (χ2v) is 2.91. The monoisotopic (exact) mass is 229 g/mol. The van der Waals surface area contributed by atoms with Crippen molar-refractivity contribution >= 4 is 5.69 Å². The van der Waals surface area contributed by atoms with E-state index in [-0.39, 0.29) is 18.8 Å². The van der Waals surface area contributed by atoms with Gasteiger partial charge in [-0.2, -0.15) is 13.2 Å². The minimum Gasteiger partial charge on any atom is -0.384 e. The molecule has 0 saturated heterocycles. The summed E-state index contributed by atoms with van der Waals surface area (Å²) in [6.07, 6.45) is -4.38. The number of benzene rings is 1. The Balaban J connectivity index is 2.80. The minimum atomic E-state index is -4.38. The van der Waals surface area contributed by atoms with Crippen molar-refractivity contribution < 1.29 is 18.3 Å². The number of anilines is 1. The SMILES string of the molecule is OCC#CCNc1ccccc1C(F)(F)F. The van der Waals surface area contributed by atoms with Gasteiger partial charge in [0.05, 0.1) is 12.1 Å². The summed E-state index contributed by atoms with van der Waals surface area (Å²) < 4.78 is 37.5. The summed E-state index contributed by atoms with van der Waals surface area (Å²) in [5.41, 5.74) is -0.733. The number of aliphatic hydroxyl groups excluding tert-OH is 1. The van der Waals surface area contributed by atoms with Gasteiger partial charge in [0.2, 0.25) is 0 Å². The van der Waals surface area contributed by atoms with Crippen LogP contribution >= 0.6 is 0 Å². The van der Waals surface area contributed by atoms with Crippen molar-refractivity contribution in [3.63, 3.8) is 0 Å². The molecule has 0 spiro atoms. The summed E-state index contributed by atoms with van der Waals surface area (Å²) in [4.78, 5) is 0. The molecule has 1 aromatic carbocycles. The van der Waals surface area contributed by atoms with Crippen molar-refractivity contribution in [3.05, 3.63) is 29.8 Å². The fraction of sp³-hybridized carbons (Fsp3) is 0.273. The first-order valence-corrected chi connectivity index (χ1v) is 4.52. The van der Waals surface area contributed by atoms with Crippen molar-refractivity contribution in [1.29, 1.82) is 0 Å². The van der Waals surface area contributed by atoms with Crippen LogP contribution in [-0.2, 0) is 6.18 Å². The fourth-order valence-corrected chi connectivity index (χ4v) is 1.14. The second-order valence-electron chi connectivity index (χ2n) is 2.91. The van der Waals surface area contributed by atoms with E-state index >= 15 is 0 Å². The molecule has 5 heteroatoms. The van der Waals surface area contributed by atoms with Crippen LogP contribution in [0.15, 0.2) is 24.3 Å². The summed E-state index contributed by atoms with van der Waals surface area (Å²) >= 11 is 0. The lowest BCUT2D eigenvalue weighted by atomic mass is 10.1. The first-order valence-electron chi connectivity index (χ1n) is 4.52. The van der Waals surface area contributed by atoms with E-state index in [1.807, 2.05) is 0 Å². The number of hydrogen-bond acceptors (Lipinski definition) is 2. The third-order valence-corrected chi connectivity index (χ3v) is 1.80. The van der Waals surface area contributed by atoms with E-state index in [1.165, 1.54) is 18.2 Å². The van der Waals surface area contributed by atoms with E-state index in [0.29, 0.717) is 0 Å². The van der Waals surface area contributed by atoms with Crippen LogP contribution in [0.3, 0.4) is 0 Å². The zero-order valence-electron chi connectivity index (χ0n) is 8.30. The number of aliphatic hydroxyl groups is 1. The minimum absolute atomic E-state index is 0.0118. The highest BCUT2D eigenvalue weighted by Gasteiger charge is 2.32. The van der Waals surface area contributed by atoms with Crippen LogP contribution in [0.2, 0.25) is 0 Å². The van der Waals surface area contributed by atoms with Crippen molar-refractivity contribution in [2.75, 3.05) is 18.5 Å². The molecule has 0 aliphatic rings. The molecule has 0 radical (unpaired) electrons. The smallest absolute Gasteiger partial charge is 0.384 e. The van der Waals surface area contributed by atoms with Gasteiger partial charge in [0, 0.05) is 5.69 Å². The maximum atomic E-state index is 12.5. The zero-order chi connectivity index (χ0) is 12.0. The molecular weight excluding hydrogens is 219 g/mol. The molecule has 0 heterocycles. The Morgan fingerprint density at radius 1 is 1.19 bits per heavy atom. The first kappa shape index (κ1) is 12.4. The predicted molar refractivity (Wildman–Crippen MR) is 54.8 cm³/mol. The van der Waals surface area contributed by atoms with Crippen molar-refractivity contribution in [1.82, 2.24) is 0 Å². The summed E-state index contributed by atoms with van der Waals surface area (Å²) in [6.45, 7) is -0.240. The maximum Gasteiger partial charge on any atom is 0.418 e. The Bertz CT molecular complexity index is 404. The Hall–Kier alpha value is -1.67. The van der Waals surface area contributed by atoms with E-state index in [4.69, 9.17) is 5.11 Å². The Morgan fingerprint density at radius 3 is 2.50 bits per heavy atom. The Kier molecular flexibility index (Phi) is 4.20. The van der Waals surface area contributed by atoms with Gasteiger partial charge >= 0.3 is 6.18 Å². The molecule has 0 unspecified atom stereocenters. The van der Waals surface area contributed by atoms with Gasteiger partial charge in [-0.3, -0.25) is 0 Å². The molecule has 2 nitrogen and oxygen atoms in total. The van der Waals surface area contributed by atoms with Crippen LogP contribution in [0.5, 0.6) is 0 Å². The van der Waals surface area contributed by atoms with Crippen LogP contribution in [-0.4, -0.2) is 18.3 Å². The van der Waals surface area contributed by atoms with E-state index in [2.05, 4.69) is 17.2 Å². The third kappa shape index (κ3) is 3.48. The molecule has 1 rings (SSSR count). The van der Waals surface area contributed by atoms with E-state index < -0.39 is 11.7 Å². The molecule has 86 valence electrons. The number of nitrogens with one attached hydrogen (secondary N) is 1. The van der Waals surface area contributed by atoms with Crippen LogP contribution < -0.4 is 5.32 Å². The van der Waals surface area contributed by atoms with Gasteiger partial charge in [-0.1, -0.05) is 24.0 Å². The molecule has 2 N–H and O–H groups in total. The van der Waals surface area contributed by atoms with Crippen LogP contribution in [0.4, 0.5) is 18.9 Å². The highest BCUT2D eigenvalue weighted by Crippen LogP contribution is 2.34. The van der Waals surface area contributed by atoms with Crippen LogP contribution in [0, 0.1) is 11.8 Å². The van der Waals surface area contributed by atoms with E-state index in [0.717, 1.165) is 6.07 Å². The molecule has 0 bridgehead atoms. The molecule has 0 aliphatic carbocycles. The average Bonchev–Trinajstić information content (AvgIpc) is 2.24. The van der Waals surface area contributed by atoms with Gasteiger partial charge in [-0.15, -0.1) is 0 Å². The molecule has 0 atom stereocenters. The fourth-order valence-electron chi connectivity index (χ4n) is 1.14. The average molecular weight is 229 g/mol. The lowest BCUT2D eigenvalue weighted by molar-refractivity contribution is -0.136. The molecule has 1 aromatic rings. The molecule has 0 fully saturated rings. The van der Waals surface area contributed by atoms with E-state index in [1.54, 1.807) is 0 Å². The third-order valence-electron chi connectivity index (χ3n) is 1.80. The predicted octanol–water partition coefficient (Wildman–Crippen LogP) is 2.11. The first-order chi connectivity index (χ1) is 7.55. The summed E-state index contributed by atoms with van der Waals surface area (Å²) in [7, 11) is 0. The van der Waals surface area contributed by atoms with Crippen molar-refractivity contribution in [2.45, 2.75) is 6.18 Å². The highest BCUT2D eigenvalue weighted by molar-refractivity contribution is 5.53. The molecule has 0 amide bonds. The van der Waals surface area contributed by atoms with Crippen LogP contribution in [0.25, 0.3) is 0 Å². The topological polar surface area (TPSA) is 32.3 Å². The van der Waals surface area contributed by atoms with Crippen molar-refractivity contribution in [3.8, 4) is 11.8 Å². The van der Waals surface area contributed by atoms with Gasteiger partial charge in [-0.05, 0) is 12.1 Å². The molecule has 0 saturated carbocycles. The highest BCUT2D eigenvalue weighted by atomic mass is 19.4. The summed E-state index contributed by atoms with van der Waals surface area (Å²) in [6, 6.07) is 5.18. The number of halogens is 3. The standard InChI is InChI=1S/C11H10F3NO/c12-11(13,14)9-5-1-2-6-10(9)15-7-3-4-8-16/h1-2,5-6,15-16H,7-8H2. The quantitative estimate of drug-likeness (QED) is 0.761. The molecule has 16 heavy (non-hydrogen) atoms. The normalized spacial score (nSPS) is 10.5. The van der Waals surface area contributed by atoms with Gasteiger partial charge in [0.15, 0.2) is 0 Å². The van der Waals surface area contributed by atoms with Gasteiger partial charge in [-0.25, -0.2) is 0 Å². The molecular formula is C11H10F3NO. The summed E-state index contributed by atoms with van der Waals surface area (Å²) in [5.74, 6) is 4.82. The Morgan fingerprint density at radius 2 is 1.88 bits per heavy atom. The largest absolute Gasteiger partial charge is 0.418 e. The van der Waals surface area contributed by atoms with E-state index in [9.17, 15) is 13.2 Å². The Labute approximate surface area is 91.1 Å². The number of hydrogen-bond donors (Lipinski definition) is 2. The number of rotatable bonds is 2. The van der Waals surface area contributed by atoms with Crippen LogP contribution in [0.1, 0.15) is 5.56 Å². The zero-order valence-corrected chi connectivity index (χ0v) is 8.30. The van der Waals surface area contributed by atoms with Crippen molar-refractivity contribution in [2.24, 2.45) is 0 Å². The number of para-hydroxylation sites is 1. The maximum absolute atomic E-state index is 12.5. The van der Waals surface area contributed by atoms with Gasteiger partial charge in [0.25, 0.3) is 0 Å². The lowest BCUT2D eigenvalue weighted by Gasteiger charge is -2.12. The molecule has 0 aliphatic heterocycles. The van der Waals surface area contributed by atoms with Gasteiger partial charge in [0.1, 0.15) is 6.61 Å². The van der Waals surface area contributed by atoms with Gasteiger partial charge < -0.3 is 10.4 Å². The molecule has 0 aromatic heterocycles. The lowest BCUT2D eigenvalue weighted by Crippen LogP contribution is -2.10. The second kappa shape index (κ2) is 5.42. The number of alkyl halides is 3.